The predicted octanol–water partition coefficient (Wildman–Crippen LogP) is 12.7. The molecule has 0 saturated carbocycles. The van der Waals surface area contributed by atoms with E-state index < -0.39 is 42.5 Å². The third-order valence-corrected chi connectivity index (χ3v) is 11.6. The van der Waals surface area contributed by atoms with Crippen molar-refractivity contribution in [3.63, 3.8) is 0 Å². The van der Waals surface area contributed by atoms with Gasteiger partial charge in [-0.3, -0.25) is 9.78 Å². The summed E-state index contributed by atoms with van der Waals surface area (Å²) >= 11 is 0. The van der Waals surface area contributed by atoms with Crippen LogP contribution >= 0.6 is 0 Å². The van der Waals surface area contributed by atoms with Crippen molar-refractivity contribution in [3.05, 3.63) is 159 Å². The number of carbonyl (C=O) groups is 1. The number of nitrogens with zero attached hydrogens (tertiary/aromatic N) is 6. The molecule has 0 bridgehead atoms. The fraction of sp³-hybridized carbons (Fsp3) is 0.439. The number of benzene rings is 2. The van der Waals surface area contributed by atoms with Crippen LogP contribution in [0, 0.1) is 23.3 Å². The number of hydrogen-bond acceptors (Lipinski definition) is 12. The number of aliphatic hydroxyl groups excluding tert-OH is 1. The molecule has 0 radical (unpaired) electrons. The summed E-state index contributed by atoms with van der Waals surface area (Å²) < 4.78 is 99.4. The molecule has 7 rings (SSSR count). The van der Waals surface area contributed by atoms with Crippen molar-refractivity contribution in [3.8, 4) is 11.6 Å². The maximum Gasteiger partial charge on any atom is 0.394 e. The first kappa shape index (κ1) is 66.0. The third kappa shape index (κ3) is 19.2. The smallest absolute Gasteiger partial charge is 0.394 e. The number of hydrogen-bond donors (Lipinski definition) is 5. The Morgan fingerprint density at radius 3 is 1.99 bits per heavy atom. The average molecular weight is 1080 g/mol. The van der Waals surface area contributed by atoms with Crippen LogP contribution in [0.2, 0.25) is 0 Å². The van der Waals surface area contributed by atoms with Gasteiger partial charge in [0.15, 0.2) is 0 Å². The highest BCUT2D eigenvalue weighted by Crippen LogP contribution is 2.37. The topological polar surface area (TPSA) is 222 Å². The predicted molar refractivity (Wildman–Crippen MR) is 290 cm³/mol. The molecule has 3 aromatic heterocycles. The SMILES string of the molecule is CC.CC.CC.CCC.CCC(/C=C(\N)c1c(F)cccc1F)=C(/N)C(C)c1ccnc(C2CCCN(C(=O)CO)C2)n1.NC1=C(/C=C(\N)c2c(F)cccc2F)CCCC1c1cncc(-c2nc(CC(F)(F)F)co2)n1. The van der Waals surface area contributed by atoms with Crippen LogP contribution in [0.1, 0.15) is 166 Å². The normalized spacial score (nSPS) is 16.3. The molecule has 9 N–H and O–H groups in total. The highest BCUT2D eigenvalue weighted by molar-refractivity contribution is 5.77. The minimum atomic E-state index is -4.42. The van der Waals surface area contributed by atoms with E-state index >= 15 is 0 Å². The highest BCUT2D eigenvalue weighted by atomic mass is 19.4. The number of piperidine rings is 1. The molecule has 422 valence electrons. The summed E-state index contributed by atoms with van der Waals surface area (Å²) in [6.45, 7) is 20.6. The first-order chi connectivity index (χ1) is 36.8. The monoisotopic (exact) mass is 1080 g/mol. The molecule has 1 saturated heterocycles. The number of amides is 1. The Morgan fingerprint density at radius 2 is 1.43 bits per heavy atom. The summed E-state index contributed by atoms with van der Waals surface area (Å²) in [7, 11) is 0. The van der Waals surface area contributed by atoms with E-state index in [0.717, 1.165) is 43.4 Å². The van der Waals surface area contributed by atoms with Gasteiger partial charge in [-0.15, -0.1) is 0 Å². The van der Waals surface area contributed by atoms with Crippen molar-refractivity contribution in [1.82, 2.24) is 29.8 Å². The van der Waals surface area contributed by atoms with Gasteiger partial charge in [0.25, 0.3) is 0 Å². The molecule has 77 heavy (non-hydrogen) atoms. The molecule has 3 atom stereocenters. The largest absolute Gasteiger partial charge is 0.443 e. The van der Waals surface area contributed by atoms with E-state index in [9.17, 15) is 35.5 Å². The van der Waals surface area contributed by atoms with Crippen molar-refractivity contribution in [2.75, 3.05) is 19.7 Å². The van der Waals surface area contributed by atoms with Crippen molar-refractivity contribution in [1.29, 1.82) is 0 Å². The molecule has 5 aromatic rings. The zero-order chi connectivity index (χ0) is 58.0. The van der Waals surface area contributed by atoms with Gasteiger partial charge in [-0.1, -0.05) is 87.8 Å². The van der Waals surface area contributed by atoms with Crippen molar-refractivity contribution < 1.29 is 45.1 Å². The molecule has 1 aliphatic heterocycles. The van der Waals surface area contributed by atoms with Gasteiger partial charge >= 0.3 is 6.18 Å². The van der Waals surface area contributed by atoms with Crippen molar-refractivity contribution >= 4 is 17.3 Å². The van der Waals surface area contributed by atoms with Crippen LogP contribution in [0.5, 0.6) is 0 Å². The fourth-order valence-corrected chi connectivity index (χ4v) is 8.08. The number of aliphatic hydroxyl groups is 1. The summed E-state index contributed by atoms with van der Waals surface area (Å²) in [4.78, 5) is 35.1. The van der Waals surface area contributed by atoms with Gasteiger partial charge in [-0.25, -0.2) is 37.5 Å². The Morgan fingerprint density at radius 1 is 0.844 bits per heavy atom. The van der Waals surface area contributed by atoms with Crippen LogP contribution in [0.25, 0.3) is 23.0 Å². The van der Waals surface area contributed by atoms with Crippen LogP contribution in [0.4, 0.5) is 30.7 Å². The molecule has 1 aliphatic carbocycles. The zero-order valence-corrected chi connectivity index (χ0v) is 45.9. The molecule has 13 nitrogen and oxygen atoms in total. The highest BCUT2D eigenvalue weighted by Gasteiger charge is 2.31. The van der Waals surface area contributed by atoms with E-state index in [-0.39, 0.29) is 63.5 Å². The van der Waals surface area contributed by atoms with Gasteiger partial charge in [-0.05, 0) is 92.2 Å². The summed E-state index contributed by atoms with van der Waals surface area (Å²) in [5.41, 5.74) is 27.4. The third-order valence-electron chi connectivity index (χ3n) is 11.6. The molecule has 2 aliphatic rings. The molecular weight excluding hydrogens is 1010 g/mol. The number of aromatic nitrogens is 5. The summed E-state index contributed by atoms with van der Waals surface area (Å²) in [5.74, 6) is -3.53. The molecule has 4 heterocycles. The van der Waals surface area contributed by atoms with Crippen LogP contribution < -0.4 is 22.9 Å². The number of allylic oxidation sites excluding steroid dienone is 6. The second-order valence-electron chi connectivity index (χ2n) is 17.0. The lowest BCUT2D eigenvalue weighted by Crippen LogP contribution is -2.41. The van der Waals surface area contributed by atoms with Crippen molar-refractivity contribution in [2.45, 2.75) is 145 Å². The fourth-order valence-electron chi connectivity index (χ4n) is 8.08. The second-order valence-corrected chi connectivity index (χ2v) is 17.0. The van der Waals surface area contributed by atoms with Gasteiger partial charge < -0.3 is 37.4 Å². The molecule has 0 spiro atoms. The maximum atomic E-state index is 14.1. The van der Waals surface area contributed by atoms with E-state index in [1.165, 1.54) is 43.1 Å². The lowest BCUT2D eigenvalue weighted by Gasteiger charge is -2.31. The minimum absolute atomic E-state index is 0.0354. The van der Waals surface area contributed by atoms with E-state index in [1.807, 2.05) is 55.4 Å². The number of alkyl halides is 3. The van der Waals surface area contributed by atoms with Crippen LogP contribution in [0.3, 0.4) is 0 Å². The number of halogens is 7. The Labute approximate surface area is 448 Å². The van der Waals surface area contributed by atoms with Gasteiger partial charge in [0, 0.05) is 66.0 Å². The second kappa shape index (κ2) is 33.2. The molecule has 2 aromatic carbocycles. The summed E-state index contributed by atoms with van der Waals surface area (Å²) in [6, 6.07) is 8.85. The van der Waals surface area contributed by atoms with E-state index in [2.05, 4.69) is 33.8 Å². The van der Waals surface area contributed by atoms with Crippen LogP contribution in [-0.4, -0.2) is 66.7 Å². The van der Waals surface area contributed by atoms with Gasteiger partial charge in [0.1, 0.15) is 47.7 Å². The first-order valence-corrected chi connectivity index (χ1v) is 26.1. The van der Waals surface area contributed by atoms with Crippen LogP contribution in [0.15, 0.2) is 106 Å². The number of carbonyl (C=O) groups excluding carboxylic acids is 1. The number of nitrogens with two attached hydrogens (primary N) is 4. The minimum Gasteiger partial charge on any atom is -0.443 e. The molecular formula is C57H77F7N10O3. The Bertz CT molecular complexity index is 2720. The van der Waals surface area contributed by atoms with Gasteiger partial charge in [-0.2, -0.15) is 13.2 Å². The summed E-state index contributed by atoms with van der Waals surface area (Å²) in [5, 5.41) is 9.17. The van der Waals surface area contributed by atoms with Crippen molar-refractivity contribution in [2.24, 2.45) is 22.9 Å². The molecule has 3 unspecified atom stereocenters. The van der Waals surface area contributed by atoms with E-state index in [4.69, 9.17) is 37.4 Å². The van der Waals surface area contributed by atoms with Gasteiger partial charge in [0.2, 0.25) is 11.8 Å². The standard InChI is InChI=1S/C25H31F2N5O2.C23H20F5N5O.C3H8.3C2H6/c1-3-16(12-20(28)23-18(26)7-4-8-19(23)27)24(29)15(2)21-9-10-30-25(31-21)17-6-5-11-32(13-17)22(34)14-33;24-15-5-2-6-16(25)20(15)17(29)7-12-3-1-4-14(21(12)30)18-9-31-10-19(33-18)22-32-13(11-34-22)8-23(26,27)28;1-3-2;3*1-2/h4,7-10,12,15,17,33H,3,5-6,11,13-14,28-29H2,1-2H3;2,5-7,9-11,14H,1,3-4,8,29-30H2;3H2,1-2H3;3*1-2H3/b20-12-,24-16-;17-7-;;;;. The van der Waals surface area contributed by atoms with Crippen LogP contribution in [-0.2, 0) is 11.2 Å². The Hall–Kier alpha value is -7.09. The van der Waals surface area contributed by atoms with E-state index in [0.29, 0.717) is 78.5 Å². The maximum absolute atomic E-state index is 14.1. The lowest BCUT2D eigenvalue weighted by molar-refractivity contribution is -0.135. The Kier molecular flexibility index (Phi) is 28.4. The number of likely N-dealkylation sites (tertiary alicyclic amines) is 1. The van der Waals surface area contributed by atoms with Gasteiger partial charge in [0.05, 0.1) is 40.8 Å². The quantitative estimate of drug-likeness (QED) is 0.0582. The average Bonchev–Trinajstić information content (AvgIpc) is 3.89. The Balaban J connectivity index is 0.000000459. The molecule has 1 amide bonds. The number of oxazole rings is 1. The molecule has 1 fully saturated rings. The first-order valence-electron chi connectivity index (χ1n) is 26.1. The zero-order valence-electron chi connectivity index (χ0n) is 45.9. The lowest BCUT2D eigenvalue weighted by atomic mass is 9.84. The number of rotatable bonds is 12. The summed E-state index contributed by atoms with van der Waals surface area (Å²) in [6.07, 6.45) is 8.02. The van der Waals surface area contributed by atoms with E-state index in [1.54, 1.807) is 17.2 Å². The molecule has 20 heteroatoms.